The fraction of sp³-hybridized carbons (Fsp3) is 0.138. The number of furan rings is 1. The third-order valence-electron chi connectivity index (χ3n) is 6.10. The number of carbonyl (C=O) groups excluding carboxylic acids is 3. The van der Waals surface area contributed by atoms with Crippen LogP contribution in [0.4, 0.5) is 5.69 Å². The lowest BCUT2D eigenvalue weighted by Gasteiger charge is -2.27. The molecule has 0 aliphatic carbocycles. The third-order valence-corrected chi connectivity index (χ3v) is 6.59. The molecule has 186 valence electrons. The van der Waals surface area contributed by atoms with Crippen LogP contribution in [0.3, 0.4) is 0 Å². The minimum Gasteiger partial charge on any atom is -0.503 e. The summed E-state index contributed by atoms with van der Waals surface area (Å²) in [4.78, 5) is 40.0. The van der Waals surface area contributed by atoms with E-state index in [4.69, 9.17) is 9.15 Å². The molecule has 1 amide bonds. The molecule has 2 heterocycles. The normalized spacial score (nSPS) is 15.5. The lowest BCUT2D eigenvalue weighted by atomic mass is 9.94. The minimum atomic E-state index is -0.937. The van der Waals surface area contributed by atoms with Gasteiger partial charge in [-0.15, -0.1) is 0 Å². The number of benzene rings is 3. The van der Waals surface area contributed by atoms with Gasteiger partial charge in [0.15, 0.2) is 11.5 Å². The number of nitrogens with zero attached hydrogens (tertiary/aromatic N) is 1. The van der Waals surface area contributed by atoms with Gasteiger partial charge in [-0.05, 0) is 79.1 Å². The van der Waals surface area contributed by atoms with Crippen LogP contribution in [0.5, 0.6) is 5.75 Å². The summed E-state index contributed by atoms with van der Waals surface area (Å²) in [6.45, 7) is 5.12. The number of ether oxygens (including phenoxy) is 1. The molecular formula is C29H22BrNO6. The van der Waals surface area contributed by atoms with Gasteiger partial charge in [-0.1, -0.05) is 34.1 Å². The average molecular weight is 560 g/mol. The number of fused-ring (bicyclic) bond motifs is 1. The first-order chi connectivity index (χ1) is 17.6. The molecule has 0 radical (unpaired) electrons. The van der Waals surface area contributed by atoms with Crippen LogP contribution < -0.4 is 9.64 Å². The zero-order valence-corrected chi connectivity index (χ0v) is 21.8. The summed E-state index contributed by atoms with van der Waals surface area (Å²) < 4.78 is 11.8. The number of anilines is 1. The van der Waals surface area contributed by atoms with E-state index >= 15 is 0 Å². The number of aryl methyl sites for hydroxylation is 2. The predicted molar refractivity (Wildman–Crippen MR) is 142 cm³/mol. The molecule has 4 aromatic rings. The topological polar surface area (TPSA) is 97.0 Å². The number of aliphatic hydroxyl groups excluding tert-OH is 1. The summed E-state index contributed by atoms with van der Waals surface area (Å²) in [5, 5.41) is 11.7. The van der Waals surface area contributed by atoms with E-state index in [1.54, 1.807) is 42.5 Å². The van der Waals surface area contributed by atoms with Gasteiger partial charge in [0.05, 0.1) is 11.6 Å². The van der Waals surface area contributed by atoms with Crippen molar-refractivity contribution in [3.8, 4) is 5.75 Å². The summed E-state index contributed by atoms with van der Waals surface area (Å²) in [5.74, 6) is -2.07. The molecule has 0 saturated heterocycles. The highest BCUT2D eigenvalue weighted by atomic mass is 79.9. The number of Topliss-reactive ketones (excluding diaryl/α,β-unsaturated/α-hetero) is 1. The maximum Gasteiger partial charge on any atom is 0.308 e. The zero-order valence-electron chi connectivity index (χ0n) is 20.2. The summed E-state index contributed by atoms with van der Waals surface area (Å²) >= 11 is 3.41. The molecule has 37 heavy (non-hydrogen) atoms. The predicted octanol–water partition coefficient (Wildman–Crippen LogP) is 6.52. The standard InChI is InChI=1S/C29H22BrNO6/c1-15-10-16(2)12-21(11-15)31-26(18-4-7-22(8-5-18)36-17(3)32)25(28(34)29(31)35)27(33)24-14-19-13-20(30)6-9-23(19)37-24/h4-14,26,34H,1-3H3. The van der Waals surface area contributed by atoms with E-state index < -0.39 is 29.5 Å². The Morgan fingerprint density at radius 1 is 0.973 bits per heavy atom. The molecule has 8 heteroatoms. The van der Waals surface area contributed by atoms with E-state index in [0.717, 1.165) is 15.6 Å². The van der Waals surface area contributed by atoms with Gasteiger partial charge in [0.1, 0.15) is 11.3 Å². The quantitative estimate of drug-likeness (QED) is 0.170. The van der Waals surface area contributed by atoms with Crippen LogP contribution >= 0.6 is 15.9 Å². The van der Waals surface area contributed by atoms with Crippen molar-refractivity contribution in [3.63, 3.8) is 0 Å². The van der Waals surface area contributed by atoms with Crippen LogP contribution in [0, 0.1) is 13.8 Å². The number of hydrogen-bond donors (Lipinski definition) is 1. The number of ketones is 1. The summed E-state index contributed by atoms with van der Waals surface area (Å²) in [6, 6.07) is 18.1. The van der Waals surface area contributed by atoms with Crippen molar-refractivity contribution in [2.45, 2.75) is 26.8 Å². The van der Waals surface area contributed by atoms with Crippen LogP contribution in [0.25, 0.3) is 11.0 Å². The molecule has 1 aliphatic heterocycles. The maximum atomic E-state index is 13.8. The van der Waals surface area contributed by atoms with Crippen molar-refractivity contribution in [1.82, 2.24) is 0 Å². The van der Waals surface area contributed by atoms with Gasteiger partial charge in [-0.25, -0.2) is 0 Å². The van der Waals surface area contributed by atoms with Gasteiger partial charge in [-0.2, -0.15) is 0 Å². The number of carbonyl (C=O) groups is 3. The highest BCUT2D eigenvalue weighted by Gasteiger charge is 2.45. The Labute approximate surface area is 221 Å². The van der Waals surface area contributed by atoms with E-state index in [2.05, 4.69) is 15.9 Å². The third kappa shape index (κ3) is 4.56. The monoisotopic (exact) mass is 559 g/mol. The number of aliphatic hydroxyl groups is 1. The summed E-state index contributed by atoms with van der Waals surface area (Å²) in [7, 11) is 0. The van der Waals surface area contributed by atoms with Crippen molar-refractivity contribution < 1.29 is 28.6 Å². The summed E-state index contributed by atoms with van der Waals surface area (Å²) in [5.41, 5.74) is 3.35. The lowest BCUT2D eigenvalue weighted by molar-refractivity contribution is -0.131. The molecule has 1 aliphatic rings. The number of esters is 1. The molecule has 1 atom stereocenters. The molecule has 7 nitrogen and oxygen atoms in total. The fourth-order valence-electron chi connectivity index (χ4n) is 4.65. The number of halogens is 1. The second kappa shape index (κ2) is 9.37. The Kier molecular flexibility index (Phi) is 6.21. The van der Waals surface area contributed by atoms with Gasteiger partial charge < -0.3 is 14.3 Å². The number of rotatable bonds is 5. The van der Waals surface area contributed by atoms with E-state index in [0.29, 0.717) is 28.0 Å². The van der Waals surface area contributed by atoms with Crippen molar-refractivity contribution in [2.75, 3.05) is 4.90 Å². The van der Waals surface area contributed by atoms with Crippen molar-refractivity contribution in [2.24, 2.45) is 0 Å². The van der Waals surface area contributed by atoms with E-state index in [1.165, 1.54) is 11.8 Å². The molecule has 1 aromatic heterocycles. The van der Waals surface area contributed by atoms with Crippen molar-refractivity contribution in [3.05, 3.63) is 105 Å². The van der Waals surface area contributed by atoms with Crippen LogP contribution in [-0.2, 0) is 9.59 Å². The first-order valence-corrected chi connectivity index (χ1v) is 12.3. The molecule has 1 unspecified atom stereocenters. The fourth-order valence-corrected chi connectivity index (χ4v) is 5.03. The van der Waals surface area contributed by atoms with E-state index in [-0.39, 0.29) is 11.3 Å². The molecule has 5 rings (SSSR count). The van der Waals surface area contributed by atoms with Crippen LogP contribution in [0.1, 0.15) is 40.2 Å². The smallest absolute Gasteiger partial charge is 0.308 e. The molecule has 1 N–H and O–H groups in total. The molecular weight excluding hydrogens is 538 g/mol. The lowest BCUT2D eigenvalue weighted by Crippen LogP contribution is -2.31. The molecule has 0 bridgehead atoms. The second-order valence-electron chi connectivity index (χ2n) is 8.97. The highest BCUT2D eigenvalue weighted by Crippen LogP contribution is 2.43. The molecule has 3 aromatic carbocycles. The van der Waals surface area contributed by atoms with Crippen molar-refractivity contribution in [1.29, 1.82) is 0 Å². The molecule has 0 spiro atoms. The second-order valence-corrected chi connectivity index (χ2v) is 9.89. The van der Waals surface area contributed by atoms with Crippen LogP contribution in [0.15, 0.2) is 87.0 Å². The van der Waals surface area contributed by atoms with Crippen molar-refractivity contribution >= 4 is 50.2 Å². The van der Waals surface area contributed by atoms with Gasteiger partial charge in [-0.3, -0.25) is 19.3 Å². The Bertz CT molecular complexity index is 1600. The van der Waals surface area contributed by atoms with Crippen LogP contribution in [-0.4, -0.2) is 22.8 Å². The first kappa shape index (κ1) is 24.5. The van der Waals surface area contributed by atoms with Gasteiger partial charge in [0.2, 0.25) is 5.78 Å². The Hall–Kier alpha value is -4.17. The Morgan fingerprint density at radius 2 is 1.65 bits per heavy atom. The largest absolute Gasteiger partial charge is 0.503 e. The van der Waals surface area contributed by atoms with E-state index in [1.807, 2.05) is 38.1 Å². The average Bonchev–Trinajstić information content (AvgIpc) is 3.36. The van der Waals surface area contributed by atoms with Crippen LogP contribution in [0.2, 0.25) is 0 Å². The first-order valence-electron chi connectivity index (χ1n) is 11.5. The molecule has 0 saturated carbocycles. The Balaban J connectivity index is 1.65. The molecule has 0 fully saturated rings. The number of hydrogen-bond acceptors (Lipinski definition) is 6. The zero-order chi connectivity index (χ0) is 26.4. The Morgan fingerprint density at radius 3 is 2.30 bits per heavy atom. The minimum absolute atomic E-state index is 0.00579. The summed E-state index contributed by atoms with van der Waals surface area (Å²) in [6.07, 6.45) is 0. The highest BCUT2D eigenvalue weighted by molar-refractivity contribution is 9.10. The van der Waals surface area contributed by atoms with E-state index in [9.17, 15) is 19.5 Å². The van der Waals surface area contributed by atoms with Gasteiger partial charge in [0.25, 0.3) is 5.91 Å². The van der Waals surface area contributed by atoms with Gasteiger partial charge in [0, 0.05) is 22.5 Å². The maximum absolute atomic E-state index is 13.8. The van der Waals surface area contributed by atoms with Gasteiger partial charge >= 0.3 is 5.97 Å². The SMILES string of the molecule is CC(=O)Oc1ccc(C2C(C(=O)c3cc4cc(Br)ccc4o3)=C(O)C(=O)N2c2cc(C)cc(C)c2)cc1. The number of amides is 1.